The summed E-state index contributed by atoms with van der Waals surface area (Å²) in [6.07, 6.45) is 1.51. The van der Waals surface area contributed by atoms with Crippen LogP contribution in [0.4, 0.5) is 0 Å². The van der Waals surface area contributed by atoms with Crippen molar-refractivity contribution in [1.29, 1.82) is 0 Å². The Balaban J connectivity index is 3.27. The smallest absolute Gasteiger partial charge is 0.133 e. The maximum Gasteiger partial charge on any atom is 0.133 e. The van der Waals surface area contributed by atoms with Crippen molar-refractivity contribution in [2.45, 2.75) is 40.5 Å². The first-order valence-electron chi connectivity index (χ1n) is 5.11. The molecule has 0 aromatic heterocycles. The molecule has 0 unspecified atom stereocenters. The fraction of sp³-hybridized carbons (Fsp3) is 0.909. The van der Waals surface area contributed by atoms with Gasteiger partial charge in [0.05, 0.1) is 0 Å². The molecule has 0 amide bonds. The van der Waals surface area contributed by atoms with E-state index in [1.807, 2.05) is 11.8 Å². The summed E-state index contributed by atoms with van der Waals surface area (Å²) in [5.41, 5.74) is 0. The molecule has 0 heterocycles. The summed E-state index contributed by atoms with van der Waals surface area (Å²) in [7, 11) is 0. The van der Waals surface area contributed by atoms with Gasteiger partial charge in [-0.25, -0.2) is 0 Å². The fourth-order valence-electron chi connectivity index (χ4n) is 1.06. The molecule has 13 heavy (non-hydrogen) atoms. The van der Waals surface area contributed by atoms with Gasteiger partial charge in [0.15, 0.2) is 0 Å². The zero-order valence-electron chi connectivity index (χ0n) is 9.30. The highest BCUT2D eigenvalue weighted by Gasteiger charge is 2.04. The maximum absolute atomic E-state index is 11.3. The third-order valence-corrected chi connectivity index (χ3v) is 3.01. The van der Waals surface area contributed by atoms with Crippen LogP contribution in [0.15, 0.2) is 0 Å². The molecule has 0 aliphatic heterocycles. The molecule has 78 valence electrons. The lowest BCUT2D eigenvalue weighted by Crippen LogP contribution is -2.04. The number of carbonyl (C=O) groups excluding carboxylic acids is 1. The van der Waals surface area contributed by atoms with Gasteiger partial charge < -0.3 is 0 Å². The highest BCUT2D eigenvalue weighted by atomic mass is 32.2. The van der Waals surface area contributed by atoms with E-state index in [9.17, 15) is 4.79 Å². The van der Waals surface area contributed by atoms with Crippen molar-refractivity contribution >= 4 is 17.5 Å². The summed E-state index contributed by atoms with van der Waals surface area (Å²) < 4.78 is 0. The third-order valence-electron chi connectivity index (χ3n) is 1.61. The van der Waals surface area contributed by atoms with Crippen molar-refractivity contribution in [2.24, 2.45) is 11.8 Å². The molecule has 0 atom stereocenters. The van der Waals surface area contributed by atoms with Gasteiger partial charge in [-0.1, -0.05) is 27.7 Å². The van der Waals surface area contributed by atoms with Gasteiger partial charge in [-0.2, -0.15) is 11.8 Å². The molecule has 2 heteroatoms. The lowest BCUT2D eigenvalue weighted by molar-refractivity contribution is -0.119. The topological polar surface area (TPSA) is 17.1 Å². The average molecular weight is 202 g/mol. The minimum atomic E-state index is 0.422. The van der Waals surface area contributed by atoms with Crippen LogP contribution in [0, 0.1) is 11.8 Å². The second kappa shape index (κ2) is 7.43. The molecular formula is C11H22OS. The maximum atomic E-state index is 11.3. The van der Waals surface area contributed by atoms with Gasteiger partial charge >= 0.3 is 0 Å². The van der Waals surface area contributed by atoms with Crippen LogP contribution in [-0.4, -0.2) is 17.3 Å². The molecule has 0 N–H and O–H groups in total. The van der Waals surface area contributed by atoms with Gasteiger partial charge in [0, 0.05) is 18.6 Å². The highest BCUT2D eigenvalue weighted by molar-refractivity contribution is 7.99. The van der Waals surface area contributed by atoms with E-state index in [0.29, 0.717) is 11.7 Å². The normalized spacial score (nSPS) is 11.2. The van der Waals surface area contributed by atoms with Crippen LogP contribution in [-0.2, 0) is 4.79 Å². The van der Waals surface area contributed by atoms with E-state index in [1.165, 1.54) is 5.75 Å². The Labute approximate surface area is 86.7 Å². The van der Waals surface area contributed by atoms with Crippen molar-refractivity contribution in [2.75, 3.05) is 11.5 Å². The van der Waals surface area contributed by atoms with E-state index >= 15 is 0 Å². The minimum Gasteiger partial charge on any atom is -0.300 e. The van der Waals surface area contributed by atoms with Crippen molar-refractivity contribution in [3.8, 4) is 0 Å². The van der Waals surface area contributed by atoms with E-state index in [1.54, 1.807) is 0 Å². The van der Waals surface area contributed by atoms with Crippen LogP contribution >= 0.6 is 11.8 Å². The molecule has 0 saturated carbocycles. The summed E-state index contributed by atoms with van der Waals surface area (Å²) in [6.45, 7) is 8.62. The second-order valence-electron chi connectivity index (χ2n) is 4.36. The van der Waals surface area contributed by atoms with Gasteiger partial charge in [-0.15, -0.1) is 0 Å². The third kappa shape index (κ3) is 9.94. The minimum absolute atomic E-state index is 0.422. The SMILES string of the molecule is CC(C)CSCCC(=O)CC(C)C. The first-order chi connectivity index (χ1) is 6.02. The molecule has 0 bridgehead atoms. The number of ketones is 1. The van der Waals surface area contributed by atoms with Crippen molar-refractivity contribution < 1.29 is 4.79 Å². The Hall–Kier alpha value is 0.0200. The highest BCUT2D eigenvalue weighted by Crippen LogP contribution is 2.11. The molecule has 0 radical (unpaired) electrons. The Morgan fingerprint density at radius 2 is 1.77 bits per heavy atom. The number of thioether (sulfide) groups is 1. The van der Waals surface area contributed by atoms with E-state index in [0.717, 1.165) is 24.5 Å². The first kappa shape index (κ1) is 13.0. The summed E-state index contributed by atoms with van der Waals surface area (Å²) in [5.74, 6) is 3.86. The molecule has 0 spiro atoms. The van der Waals surface area contributed by atoms with Gasteiger partial charge in [0.1, 0.15) is 5.78 Å². The molecule has 0 aromatic rings. The summed E-state index contributed by atoms with van der Waals surface area (Å²) >= 11 is 1.90. The van der Waals surface area contributed by atoms with Gasteiger partial charge in [-0.3, -0.25) is 4.79 Å². The predicted molar refractivity (Wildman–Crippen MR) is 61.2 cm³/mol. The van der Waals surface area contributed by atoms with Gasteiger partial charge in [-0.05, 0) is 17.6 Å². The molecule has 0 aliphatic rings. The fourth-order valence-corrected chi connectivity index (χ4v) is 2.07. The Bertz CT molecular complexity index is 141. The van der Waals surface area contributed by atoms with E-state index in [-0.39, 0.29) is 0 Å². The predicted octanol–water partition coefficient (Wildman–Crippen LogP) is 3.38. The lowest BCUT2D eigenvalue weighted by atomic mass is 10.1. The first-order valence-corrected chi connectivity index (χ1v) is 6.27. The van der Waals surface area contributed by atoms with Crippen LogP contribution in [0.2, 0.25) is 0 Å². The molecule has 0 rings (SSSR count). The summed E-state index contributed by atoms with van der Waals surface area (Å²) in [5, 5.41) is 0. The number of Topliss-reactive ketones (excluding diaryl/α,β-unsaturated/α-hetero) is 1. The molecule has 0 aromatic carbocycles. The van der Waals surface area contributed by atoms with Crippen molar-refractivity contribution in [3.63, 3.8) is 0 Å². The van der Waals surface area contributed by atoms with Crippen molar-refractivity contribution in [1.82, 2.24) is 0 Å². The van der Waals surface area contributed by atoms with Crippen LogP contribution in [0.3, 0.4) is 0 Å². The second-order valence-corrected chi connectivity index (χ2v) is 5.51. The van der Waals surface area contributed by atoms with Crippen molar-refractivity contribution in [3.05, 3.63) is 0 Å². The van der Waals surface area contributed by atoms with E-state index in [2.05, 4.69) is 27.7 Å². The van der Waals surface area contributed by atoms with E-state index < -0.39 is 0 Å². The monoisotopic (exact) mass is 202 g/mol. The standard InChI is InChI=1S/C11H22OS/c1-9(2)7-11(12)5-6-13-8-10(3)4/h9-10H,5-8H2,1-4H3. The molecule has 1 nitrogen and oxygen atoms in total. The molecule has 0 fully saturated rings. The van der Waals surface area contributed by atoms with Crippen LogP contribution < -0.4 is 0 Å². The van der Waals surface area contributed by atoms with Crippen LogP contribution in [0.1, 0.15) is 40.5 Å². The zero-order chi connectivity index (χ0) is 10.3. The number of rotatable bonds is 7. The number of hydrogen-bond acceptors (Lipinski definition) is 2. The quantitative estimate of drug-likeness (QED) is 0.589. The molecule has 0 aliphatic carbocycles. The Morgan fingerprint density at radius 3 is 2.23 bits per heavy atom. The lowest BCUT2D eigenvalue weighted by Gasteiger charge is -2.05. The zero-order valence-corrected chi connectivity index (χ0v) is 10.1. The Kier molecular flexibility index (Phi) is 7.44. The summed E-state index contributed by atoms with van der Waals surface area (Å²) in [4.78, 5) is 11.3. The molecule has 0 saturated heterocycles. The van der Waals surface area contributed by atoms with E-state index in [4.69, 9.17) is 0 Å². The Morgan fingerprint density at radius 1 is 1.15 bits per heavy atom. The number of hydrogen-bond donors (Lipinski definition) is 0. The molecular weight excluding hydrogens is 180 g/mol. The largest absolute Gasteiger partial charge is 0.300 e. The number of carbonyl (C=O) groups is 1. The van der Waals surface area contributed by atoms with Gasteiger partial charge in [0.2, 0.25) is 0 Å². The average Bonchev–Trinajstić information content (AvgIpc) is 1.96. The van der Waals surface area contributed by atoms with Crippen LogP contribution in [0.25, 0.3) is 0 Å². The summed E-state index contributed by atoms with van der Waals surface area (Å²) in [6, 6.07) is 0. The van der Waals surface area contributed by atoms with Crippen LogP contribution in [0.5, 0.6) is 0 Å². The van der Waals surface area contributed by atoms with Gasteiger partial charge in [0.25, 0.3) is 0 Å².